The lowest BCUT2D eigenvalue weighted by Crippen LogP contribution is -2.55. The summed E-state index contributed by atoms with van der Waals surface area (Å²) < 4.78 is 0. The number of thioether (sulfide) groups is 1. The highest BCUT2D eigenvalue weighted by atomic mass is 32.2. The van der Waals surface area contributed by atoms with Crippen LogP contribution in [-0.4, -0.2) is 52.6 Å². The molecule has 1 aliphatic rings. The number of rotatable bonds is 6. The van der Waals surface area contributed by atoms with Gasteiger partial charge in [-0.1, -0.05) is 6.92 Å². The van der Waals surface area contributed by atoms with Crippen LogP contribution >= 0.6 is 11.8 Å². The van der Waals surface area contributed by atoms with Crippen LogP contribution in [-0.2, 0) is 6.42 Å². The van der Waals surface area contributed by atoms with Gasteiger partial charge in [-0.25, -0.2) is 9.97 Å². The average molecular weight is 252 g/mol. The van der Waals surface area contributed by atoms with E-state index in [1.165, 1.54) is 12.3 Å². The van der Waals surface area contributed by atoms with Crippen LogP contribution in [0.4, 0.5) is 5.82 Å². The molecule has 1 aromatic heterocycles. The molecule has 1 aliphatic heterocycles. The second-order valence-electron chi connectivity index (χ2n) is 4.34. The molecule has 0 unspecified atom stereocenters. The molecule has 0 saturated carbocycles. The maximum absolute atomic E-state index is 4.25. The lowest BCUT2D eigenvalue weighted by atomic mass is 10.1. The molecule has 94 valence electrons. The summed E-state index contributed by atoms with van der Waals surface area (Å²) in [5.41, 5.74) is 1.10. The highest BCUT2D eigenvalue weighted by Gasteiger charge is 2.25. The minimum Gasteiger partial charge on any atom is -0.365 e. The van der Waals surface area contributed by atoms with Crippen molar-refractivity contribution in [3.63, 3.8) is 0 Å². The third-order valence-corrected chi connectivity index (χ3v) is 3.60. The number of nitrogens with zero attached hydrogens (tertiary/aromatic N) is 3. The Kier molecular flexibility index (Phi) is 4.62. The fourth-order valence-electron chi connectivity index (χ4n) is 1.94. The molecular weight excluding hydrogens is 232 g/mol. The Morgan fingerprint density at radius 2 is 2.29 bits per heavy atom. The molecule has 2 heterocycles. The summed E-state index contributed by atoms with van der Waals surface area (Å²) in [6, 6.07) is 2.60. The van der Waals surface area contributed by atoms with Crippen molar-refractivity contribution in [1.82, 2.24) is 14.9 Å². The standard InChI is InChI=1S/C12H20N4S/c1-3-10-6-12(14-9-13-10)15-11-7-16(8-11)4-5-17-2/h6,9,11H,3-5,7-8H2,1-2H3,(H,13,14,15). The molecular formula is C12H20N4S. The monoisotopic (exact) mass is 252 g/mol. The SMILES string of the molecule is CCc1cc(NC2CN(CCSC)C2)ncn1. The van der Waals surface area contributed by atoms with Gasteiger partial charge in [-0.2, -0.15) is 11.8 Å². The summed E-state index contributed by atoms with van der Waals surface area (Å²) in [5, 5.41) is 3.46. The number of anilines is 1. The Balaban J connectivity index is 1.75. The van der Waals surface area contributed by atoms with Crippen LogP contribution < -0.4 is 5.32 Å². The zero-order chi connectivity index (χ0) is 12.1. The van der Waals surface area contributed by atoms with Gasteiger partial charge in [0.15, 0.2) is 0 Å². The van der Waals surface area contributed by atoms with Crippen molar-refractivity contribution in [1.29, 1.82) is 0 Å². The van der Waals surface area contributed by atoms with Gasteiger partial charge in [0.2, 0.25) is 0 Å². The van der Waals surface area contributed by atoms with E-state index in [9.17, 15) is 0 Å². The van der Waals surface area contributed by atoms with Crippen LogP contribution in [0.2, 0.25) is 0 Å². The minimum atomic E-state index is 0.552. The van der Waals surface area contributed by atoms with Gasteiger partial charge in [0.05, 0.1) is 6.04 Å². The molecule has 5 heteroatoms. The Labute approximate surface area is 107 Å². The predicted molar refractivity (Wildman–Crippen MR) is 73.6 cm³/mol. The number of nitrogens with one attached hydrogen (secondary N) is 1. The van der Waals surface area contributed by atoms with Crippen LogP contribution in [0.5, 0.6) is 0 Å². The van der Waals surface area contributed by atoms with Crippen molar-refractivity contribution >= 4 is 17.6 Å². The lowest BCUT2D eigenvalue weighted by Gasteiger charge is -2.39. The van der Waals surface area contributed by atoms with Crippen LogP contribution in [0.3, 0.4) is 0 Å². The molecule has 17 heavy (non-hydrogen) atoms. The largest absolute Gasteiger partial charge is 0.365 e. The van der Waals surface area contributed by atoms with Crippen molar-refractivity contribution in [2.24, 2.45) is 0 Å². The van der Waals surface area contributed by atoms with Crippen molar-refractivity contribution in [2.45, 2.75) is 19.4 Å². The summed E-state index contributed by atoms with van der Waals surface area (Å²) >= 11 is 1.91. The third-order valence-electron chi connectivity index (χ3n) is 3.01. The minimum absolute atomic E-state index is 0.552. The van der Waals surface area contributed by atoms with E-state index >= 15 is 0 Å². The smallest absolute Gasteiger partial charge is 0.129 e. The second kappa shape index (κ2) is 6.21. The van der Waals surface area contributed by atoms with E-state index in [2.05, 4.69) is 33.4 Å². The topological polar surface area (TPSA) is 41.0 Å². The molecule has 0 aromatic carbocycles. The van der Waals surface area contributed by atoms with Crippen LogP contribution in [0, 0.1) is 0 Å². The predicted octanol–water partition coefficient (Wildman–Crippen LogP) is 1.50. The molecule has 0 radical (unpaired) electrons. The number of likely N-dealkylation sites (tertiary alicyclic amines) is 1. The summed E-state index contributed by atoms with van der Waals surface area (Å²) in [7, 11) is 0. The van der Waals surface area contributed by atoms with Gasteiger partial charge >= 0.3 is 0 Å². The Bertz CT molecular complexity index is 352. The highest BCUT2D eigenvalue weighted by Crippen LogP contribution is 2.14. The summed E-state index contributed by atoms with van der Waals surface area (Å²) in [4.78, 5) is 10.9. The third kappa shape index (κ3) is 3.57. The number of aryl methyl sites for hydroxylation is 1. The Morgan fingerprint density at radius 1 is 1.47 bits per heavy atom. The Morgan fingerprint density at radius 3 is 3.00 bits per heavy atom. The average Bonchev–Trinajstić information content (AvgIpc) is 2.32. The van der Waals surface area contributed by atoms with Gasteiger partial charge in [-0.15, -0.1) is 0 Å². The fraction of sp³-hybridized carbons (Fsp3) is 0.667. The first-order valence-electron chi connectivity index (χ1n) is 6.10. The zero-order valence-corrected chi connectivity index (χ0v) is 11.3. The maximum Gasteiger partial charge on any atom is 0.129 e. The second-order valence-corrected chi connectivity index (χ2v) is 5.33. The molecule has 0 atom stereocenters. The van der Waals surface area contributed by atoms with Gasteiger partial charge in [0.1, 0.15) is 12.1 Å². The van der Waals surface area contributed by atoms with E-state index in [-0.39, 0.29) is 0 Å². The molecule has 1 saturated heterocycles. The van der Waals surface area contributed by atoms with E-state index < -0.39 is 0 Å². The highest BCUT2D eigenvalue weighted by molar-refractivity contribution is 7.98. The van der Waals surface area contributed by atoms with E-state index in [4.69, 9.17) is 0 Å². The molecule has 0 spiro atoms. The molecule has 1 N–H and O–H groups in total. The van der Waals surface area contributed by atoms with Crippen molar-refractivity contribution in [2.75, 3.05) is 37.0 Å². The first-order chi connectivity index (χ1) is 8.31. The first kappa shape index (κ1) is 12.6. The van der Waals surface area contributed by atoms with Gasteiger partial charge in [-0.3, -0.25) is 4.90 Å². The Hall–Kier alpha value is -0.810. The first-order valence-corrected chi connectivity index (χ1v) is 7.50. The van der Waals surface area contributed by atoms with Gasteiger partial charge in [0, 0.05) is 37.1 Å². The van der Waals surface area contributed by atoms with E-state index in [0.29, 0.717) is 6.04 Å². The molecule has 4 nitrogen and oxygen atoms in total. The van der Waals surface area contributed by atoms with Crippen LogP contribution in [0.15, 0.2) is 12.4 Å². The van der Waals surface area contributed by atoms with Crippen molar-refractivity contribution in [3.05, 3.63) is 18.1 Å². The van der Waals surface area contributed by atoms with Gasteiger partial charge in [-0.05, 0) is 12.7 Å². The van der Waals surface area contributed by atoms with Crippen LogP contribution in [0.1, 0.15) is 12.6 Å². The van der Waals surface area contributed by atoms with E-state index in [1.807, 2.05) is 17.8 Å². The molecule has 1 aromatic rings. The maximum atomic E-state index is 4.25. The van der Waals surface area contributed by atoms with Crippen molar-refractivity contribution in [3.8, 4) is 0 Å². The van der Waals surface area contributed by atoms with Gasteiger partial charge < -0.3 is 5.32 Å². The number of hydrogen-bond donors (Lipinski definition) is 1. The molecule has 0 aliphatic carbocycles. The van der Waals surface area contributed by atoms with Gasteiger partial charge in [0.25, 0.3) is 0 Å². The quantitative estimate of drug-likeness (QED) is 0.831. The normalized spacial score (nSPS) is 16.8. The molecule has 1 fully saturated rings. The number of aromatic nitrogens is 2. The molecule has 0 bridgehead atoms. The van der Waals surface area contributed by atoms with E-state index in [1.54, 1.807) is 6.33 Å². The lowest BCUT2D eigenvalue weighted by molar-refractivity contribution is 0.173. The van der Waals surface area contributed by atoms with E-state index in [0.717, 1.165) is 31.0 Å². The molecule has 0 amide bonds. The summed E-state index contributed by atoms with van der Waals surface area (Å²) in [5.74, 6) is 2.19. The summed E-state index contributed by atoms with van der Waals surface area (Å²) in [6.07, 6.45) is 4.76. The summed E-state index contributed by atoms with van der Waals surface area (Å²) in [6.45, 7) is 5.57. The zero-order valence-electron chi connectivity index (χ0n) is 10.5. The van der Waals surface area contributed by atoms with Crippen molar-refractivity contribution < 1.29 is 0 Å². The van der Waals surface area contributed by atoms with Crippen LogP contribution in [0.25, 0.3) is 0 Å². The fourth-order valence-corrected chi connectivity index (χ4v) is 2.38. The number of hydrogen-bond acceptors (Lipinski definition) is 5. The molecule has 2 rings (SSSR count).